The molecule has 42 heavy (non-hydrogen) atoms. The van der Waals surface area contributed by atoms with E-state index in [4.69, 9.17) is 28.4 Å². The van der Waals surface area contributed by atoms with Crippen LogP contribution in [-0.4, -0.2) is 67.8 Å². The van der Waals surface area contributed by atoms with Crippen molar-refractivity contribution in [3.05, 3.63) is 0 Å². The van der Waals surface area contributed by atoms with Gasteiger partial charge in [-0.15, -0.1) is 0 Å². The van der Waals surface area contributed by atoms with E-state index >= 15 is 0 Å². The third-order valence-corrected chi connectivity index (χ3v) is 6.43. The zero-order valence-electron chi connectivity index (χ0n) is 28.2. The molecule has 244 valence electrons. The summed E-state index contributed by atoms with van der Waals surface area (Å²) in [5, 5.41) is 0. The fourth-order valence-electron chi connectivity index (χ4n) is 3.55. The molecule has 1 fully saturated rings. The first-order chi connectivity index (χ1) is 19.0. The largest absolute Gasteiger partial charge is 0.462 e. The number of carbonyl (C=O) groups is 4. The van der Waals surface area contributed by atoms with Gasteiger partial charge in [0.25, 0.3) is 0 Å². The van der Waals surface area contributed by atoms with E-state index in [1.165, 1.54) is 0 Å². The van der Waals surface area contributed by atoms with Gasteiger partial charge in [-0.3, -0.25) is 19.2 Å². The molecule has 1 aliphatic rings. The fraction of sp³-hybridized carbons (Fsp3) is 0.875. The third-order valence-electron chi connectivity index (χ3n) is 6.43. The Morgan fingerprint density at radius 3 is 1.43 bits per heavy atom. The molecule has 10 heteroatoms. The summed E-state index contributed by atoms with van der Waals surface area (Å²) in [7, 11) is 0. The van der Waals surface area contributed by atoms with Gasteiger partial charge in [-0.25, -0.2) is 0 Å². The molecule has 0 N–H and O–H groups in total. The molecule has 1 rings (SSSR count). The smallest absolute Gasteiger partial charge is 0.311 e. The van der Waals surface area contributed by atoms with Gasteiger partial charge < -0.3 is 28.4 Å². The number of esters is 4. The van der Waals surface area contributed by atoms with Crippen LogP contribution in [0.5, 0.6) is 0 Å². The van der Waals surface area contributed by atoms with Gasteiger partial charge in [-0.1, -0.05) is 26.2 Å². The zero-order valence-corrected chi connectivity index (χ0v) is 28.2. The predicted octanol–water partition coefficient (Wildman–Crippen LogP) is 5.77. The Balaban J connectivity index is 3.65. The summed E-state index contributed by atoms with van der Waals surface area (Å²) < 4.78 is 35.8. The first-order valence-corrected chi connectivity index (χ1v) is 15.1. The number of hydrogen-bond donors (Lipinski definition) is 0. The molecule has 0 saturated carbocycles. The molecule has 0 bridgehead atoms. The quantitative estimate of drug-likeness (QED) is 0.164. The molecule has 0 aromatic rings. The van der Waals surface area contributed by atoms with Crippen molar-refractivity contribution in [3.63, 3.8) is 0 Å². The highest BCUT2D eigenvalue weighted by Crippen LogP contribution is 2.34. The molecule has 0 aromatic carbocycles. The average molecular weight is 601 g/mol. The van der Waals surface area contributed by atoms with E-state index < -0.39 is 76.2 Å². The standard InChI is InChI=1S/C32H56O10/c1-14-15-16-17-18-37-24-23(42-28(36)32(11,12)13)22(41-27(35)31(8,9)10)21(40-26(34)30(5,6)7)20(39-24)19-38-25(33)29(2,3)4/h20-24H,14-19H2,1-13H3/t20-,21-,22+,23-,24-/m1/s1. The highest BCUT2D eigenvalue weighted by Gasteiger charge is 2.55. The molecule has 0 unspecified atom stereocenters. The van der Waals surface area contributed by atoms with Crippen molar-refractivity contribution in [2.24, 2.45) is 21.7 Å². The van der Waals surface area contributed by atoms with Gasteiger partial charge in [0.2, 0.25) is 0 Å². The second kappa shape index (κ2) is 15.0. The van der Waals surface area contributed by atoms with Crippen molar-refractivity contribution in [2.45, 2.75) is 146 Å². The Bertz CT molecular complexity index is 914. The molecule has 1 saturated heterocycles. The normalized spacial score (nSPS) is 23.6. The maximum Gasteiger partial charge on any atom is 0.311 e. The molecule has 0 aromatic heterocycles. The van der Waals surface area contributed by atoms with E-state index in [0.717, 1.165) is 25.7 Å². The van der Waals surface area contributed by atoms with E-state index in [-0.39, 0.29) is 13.2 Å². The lowest BCUT2D eigenvalue weighted by molar-refractivity contribution is -0.312. The summed E-state index contributed by atoms with van der Waals surface area (Å²) in [6, 6.07) is 0. The lowest BCUT2D eigenvalue weighted by Crippen LogP contribution is -2.64. The van der Waals surface area contributed by atoms with Crippen LogP contribution in [0.25, 0.3) is 0 Å². The minimum Gasteiger partial charge on any atom is -0.462 e. The lowest BCUT2D eigenvalue weighted by Gasteiger charge is -2.45. The van der Waals surface area contributed by atoms with Crippen LogP contribution in [0.1, 0.15) is 116 Å². The highest BCUT2D eigenvalue weighted by molar-refractivity contribution is 5.78. The van der Waals surface area contributed by atoms with Gasteiger partial charge in [-0.05, 0) is 89.5 Å². The average Bonchev–Trinajstić information content (AvgIpc) is 2.82. The maximum atomic E-state index is 13.3. The van der Waals surface area contributed by atoms with Crippen molar-refractivity contribution in [2.75, 3.05) is 13.2 Å². The summed E-state index contributed by atoms with van der Waals surface area (Å²) in [4.78, 5) is 52.3. The maximum absolute atomic E-state index is 13.3. The van der Waals surface area contributed by atoms with Crippen LogP contribution < -0.4 is 0 Å². The fourth-order valence-corrected chi connectivity index (χ4v) is 3.55. The van der Waals surface area contributed by atoms with Gasteiger partial charge in [0.15, 0.2) is 24.6 Å². The first kappa shape index (κ1) is 37.8. The van der Waals surface area contributed by atoms with Gasteiger partial charge in [0.05, 0.1) is 21.7 Å². The van der Waals surface area contributed by atoms with E-state index in [2.05, 4.69) is 6.92 Å². The number of hydrogen-bond acceptors (Lipinski definition) is 10. The van der Waals surface area contributed by atoms with E-state index in [9.17, 15) is 19.2 Å². The summed E-state index contributed by atoms with van der Waals surface area (Å²) >= 11 is 0. The van der Waals surface area contributed by atoms with Crippen LogP contribution in [0.3, 0.4) is 0 Å². The molecular weight excluding hydrogens is 544 g/mol. The molecule has 1 heterocycles. The van der Waals surface area contributed by atoms with Crippen LogP contribution in [0.2, 0.25) is 0 Å². The predicted molar refractivity (Wildman–Crippen MR) is 157 cm³/mol. The lowest BCUT2D eigenvalue weighted by atomic mass is 9.93. The summed E-state index contributed by atoms with van der Waals surface area (Å²) in [5.74, 6) is -2.27. The van der Waals surface area contributed by atoms with Crippen molar-refractivity contribution in [1.29, 1.82) is 0 Å². The number of carbonyl (C=O) groups excluding carboxylic acids is 4. The van der Waals surface area contributed by atoms with Crippen LogP contribution >= 0.6 is 0 Å². The summed E-state index contributed by atoms with van der Waals surface area (Å²) in [6.45, 7) is 22.4. The Hall–Kier alpha value is -2.20. The second-order valence-electron chi connectivity index (χ2n) is 15.2. The summed E-state index contributed by atoms with van der Waals surface area (Å²) in [5.41, 5.74) is -3.55. The Labute approximate surface area is 252 Å². The molecule has 0 radical (unpaired) electrons. The molecule has 10 nitrogen and oxygen atoms in total. The molecule has 5 atom stereocenters. The van der Waals surface area contributed by atoms with Gasteiger partial charge in [0.1, 0.15) is 12.7 Å². The molecule has 1 aliphatic heterocycles. The number of rotatable bonds is 11. The van der Waals surface area contributed by atoms with Crippen LogP contribution in [0, 0.1) is 21.7 Å². The van der Waals surface area contributed by atoms with Crippen LogP contribution in [0.4, 0.5) is 0 Å². The molecule has 0 amide bonds. The minimum atomic E-state index is -1.30. The minimum absolute atomic E-state index is 0.287. The summed E-state index contributed by atoms with van der Waals surface area (Å²) in [6.07, 6.45) is -2.37. The molecule has 0 aliphatic carbocycles. The number of ether oxygens (including phenoxy) is 6. The first-order valence-electron chi connectivity index (χ1n) is 15.1. The number of unbranched alkanes of at least 4 members (excludes halogenated alkanes) is 3. The highest BCUT2D eigenvalue weighted by atomic mass is 16.7. The van der Waals surface area contributed by atoms with Crippen molar-refractivity contribution < 1.29 is 47.6 Å². The van der Waals surface area contributed by atoms with E-state index in [1.807, 2.05) is 0 Å². The Morgan fingerprint density at radius 1 is 0.571 bits per heavy atom. The van der Waals surface area contributed by atoms with Crippen molar-refractivity contribution in [3.8, 4) is 0 Å². The SMILES string of the molecule is CCCCCCO[C@@H]1O[C@H](COC(=O)C(C)(C)C)[C@@H](OC(=O)C(C)(C)C)[C@H](OC(=O)C(C)(C)C)[C@H]1OC(=O)C(C)(C)C. The Morgan fingerprint density at radius 2 is 1.00 bits per heavy atom. The van der Waals surface area contributed by atoms with Gasteiger partial charge >= 0.3 is 23.9 Å². The zero-order chi connectivity index (χ0) is 32.7. The molecular formula is C32H56O10. The van der Waals surface area contributed by atoms with Gasteiger partial charge in [0, 0.05) is 6.61 Å². The third kappa shape index (κ3) is 11.8. The van der Waals surface area contributed by atoms with Crippen molar-refractivity contribution >= 4 is 23.9 Å². The van der Waals surface area contributed by atoms with E-state index in [0.29, 0.717) is 0 Å². The van der Waals surface area contributed by atoms with Crippen LogP contribution in [-0.2, 0) is 47.6 Å². The van der Waals surface area contributed by atoms with Crippen molar-refractivity contribution in [1.82, 2.24) is 0 Å². The van der Waals surface area contributed by atoms with Gasteiger partial charge in [-0.2, -0.15) is 0 Å². The monoisotopic (exact) mass is 600 g/mol. The topological polar surface area (TPSA) is 124 Å². The molecule has 0 spiro atoms. The van der Waals surface area contributed by atoms with Crippen LogP contribution in [0.15, 0.2) is 0 Å². The second-order valence-corrected chi connectivity index (χ2v) is 15.2. The van der Waals surface area contributed by atoms with E-state index in [1.54, 1.807) is 83.1 Å². The Kier molecular flexibility index (Phi) is 13.5.